The van der Waals surface area contributed by atoms with E-state index in [2.05, 4.69) is 5.32 Å². The third-order valence-corrected chi connectivity index (χ3v) is 2.93. The zero-order chi connectivity index (χ0) is 14.4. The van der Waals surface area contributed by atoms with Crippen molar-refractivity contribution in [2.45, 2.75) is 13.5 Å². The maximum atomic E-state index is 13.5. The summed E-state index contributed by atoms with van der Waals surface area (Å²) in [5, 5.41) is 2.81. The van der Waals surface area contributed by atoms with Gasteiger partial charge >= 0.3 is 0 Å². The van der Waals surface area contributed by atoms with Crippen molar-refractivity contribution in [3.8, 4) is 0 Å². The van der Waals surface area contributed by atoms with Crippen molar-refractivity contribution in [1.82, 2.24) is 5.32 Å². The Kier molecular flexibility index (Phi) is 4.66. The van der Waals surface area contributed by atoms with Crippen LogP contribution in [-0.4, -0.2) is 5.91 Å². The smallest absolute Gasteiger partial charge is 0.247 e. The van der Waals surface area contributed by atoms with Gasteiger partial charge in [-0.15, -0.1) is 0 Å². The van der Waals surface area contributed by atoms with Crippen LogP contribution in [0.1, 0.15) is 18.1 Å². The van der Waals surface area contributed by atoms with Crippen LogP contribution >= 0.6 is 0 Å². The first-order chi connectivity index (χ1) is 9.66. The quantitative estimate of drug-likeness (QED) is 0.845. The van der Waals surface area contributed by atoms with Crippen LogP contribution in [-0.2, 0) is 11.3 Å². The van der Waals surface area contributed by atoms with E-state index < -0.39 is 0 Å². The topological polar surface area (TPSA) is 29.1 Å². The number of nitrogens with one attached hydrogen (secondary N) is 1. The van der Waals surface area contributed by atoms with E-state index in [0.717, 1.165) is 5.56 Å². The molecule has 3 heteroatoms. The average Bonchev–Trinajstić information content (AvgIpc) is 2.48. The van der Waals surface area contributed by atoms with Crippen molar-refractivity contribution >= 4 is 12.0 Å². The number of carbonyl (C=O) groups is 1. The second-order valence-corrected chi connectivity index (χ2v) is 4.52. The Morgan fingerprint density at radius 1 is 1.10 bits per heavy atom. The molecule has 0 spiro atoms. The summed E-state index contributed by atoms with van der Waals surface area (Å²) in [5.41, 5.74) is 1.92. The van der Waals surface area contributed by atoms with Crippen molar-refractivity contribution in [3.05, 3.63) is 77.1 Å². The first kappa shape index (κ1) is 14.0. The van der Waals surface area contributed by atoms with E-state index in [1.54, 1.807) is 31.2 Å². The van der Waals surface area contributed by atoms with Crippen LogP contribution in [0.2, 0.25) is 0 Å². The summed E-state index contributed by atoms with van der Waals surface area (Å²) in [6, 6.07) is 16.0. The molecule has 0 unspecified atom stereocenters. The number of amides is 1. The van der Waals surface area contributed by atoms with Gasteiger partial charge in [0.15, 0.2) is 0 Å². The first-order valence-corrected chi connectivity index (χ1v) is 6.42. The fourth-order valence-corrected chi connectivity index (χ4v) is 1.81. The number of benzene rings is 2. The van der Waals surface area contributed by atoms with Crippen LogP contribution in [0.3, 0.4) is 0 Å². The van der Waals surface area contributed by atoms with E-state index in [4.69, 9.17) is 0 Å². The van der Waals surface area contributed by atoms with Crippen molar-refractivity contribution in [3.63, 3.8) is 0 Å². The molecule has 0 aliphatic rings. The first-order valence-electron chi connectivity index (χ1n) is 6.42. The minimum Gasteiger partial charge on any atom is -0.348 e. The Hall–Kier alpha value is -2.42. The van der Waals surface area contributed by atoms with Crippen LogP contribution in [0.15, 0.2) is 60.2 Å². The zero-order valence-corrected chi connectivity index (χ0v) is 11.3. The molecule has 0 saturated carbocycles. The Morgan fingerprint density at radius 2 is 1.75 bits per heavy atom. The Balaban J connectivity index is 2.00. The minimum atomic E-state index is -0.331. The lowest BCUT2D eigenvalue weighted by atomic mass is 10.1. The summed E-state index contributed by atoms with van der Waals surface area (Å²) in [4.78, 5) is 11.9. The van der Waals surface area contributed by atoms with E-state index in [0.29, 0.717) is 17.7 Å². The maximum absolute atomic E-state index is 13.5. The normalized spacial score (nSPS) is 11.2. The van der Waals surface area contributed by atoms with Crippen LogP contribution < -0.4 is 5.32 Å². The largest absolute Gasteiger partial charge is 0.348 e. The number of hydrogen-bond donors (Lipinski definition) is 1. The van der Waals surface area contributed by atoms with Crippen LogP contribution in [0.25, 0.3) is 6.08 Å². The molecule has 2 aromatic carbocycles. The highest BCUT2D eigenvalue weighted by atomic mass is 19.1. The predicted octanol–water partition coefficient (Wildman–Crippen LogP) is 3.55. The molecule has 0 atom stereocenters. The molecular weight excluding hydrogens is 253 g/mol. The lowest BCUT2D eigenvalue weighted by Crippen LogP contribution is -2.23. The Bertz CT molecular complexity index is 620. The molecule has 0 aliphatic carbocycles. The highest BCUT2D eigenvalue weighted by Crippen LogP contribution is 2.11. The molecule has 2 aromatic rings. The summed E-state index contributed by atoms with van der Waals surface area (Å²) >= 11 is 0. The van der Waals surface area contributed by atoms with E-state index in [9.17, 15) is 9.18 Å². The molecule has 0 saturated heterocycles. The summed E-state index contributed by atoms with van der Waals surface area (Å²) in [7, 11) is 0. The molecule has 0 heterocycles. The molecule has 102 valence electrons. The fourth-order valence-electron chi connectivity index (χ4n) is 1.81. The predicted molar refractivity (Wildman–Crippen MR) is 78.3 cm³/mol. The molecule has 1 amide bonds. The molecular formula is C17H16FNO. The van der Waals surface area contributed by atoms with Gasteiger partial charge < -0.3 is 5.32 Å². The van der Waals surface area contributed by atoms with Gasteiger partial charge in [-0.2, -0.15) is 0 Å². The van der Waals surface area contributed by atoms with Gasteiger partial charge in [0.05, 0.1) is 0 Å². The maximum Gasteiger partial charge on any atom is 0.247 e. The monoisotopic (exact) mass is 269 g/mol. The number of rotatable bonds is 4. The Labute approximate surface area is 118 Å². The third kappa shape index (κ3) is 3.79. The highest BCUT2D eigenvalue weighted by molar-refractivity contribution is 5.97. The fraction of sp³-hybridized carbons (Fsp3) is 0.118. The van der Waals surface area contributed by atoms with Crippen LogP contribution in [0.4, 0.5) is 4.39 Å². The van der Waals surface area contributed by atoms with Gasteiger partial charge in [-0.25, -0.2) is 4.39 Å². The molecule has 20 heavy (non-hydrogen) atoms. The van der Waals surface area contributed by atoms with Crippen molar-refractivity contribution in [2.75, 3.05) is 0 Å². The minimum absolute atomic E-state index is 0.197. The van der Waals surface area contributed by atoms with Gasteiger partial charge in [0.1, 0.15) is 5.82 Å². The van der Waals surface area contributed by atoms with Gasteiger partial charge in [0.2, 0.25) is 5.91 Å². The number of halogens is 1. The second kappa shape index (κ2) is 6.66. The van der Waals surface area contributed by atoms with Crippen molar-refractivity contribution < 1.29 is 9.18 Å². The van der Waals surface area contributed by atoms with Crippen molar-refractivity contribution in [1.29, 1.82) is 0 Å². The van der Waals surface area contributed by atoms with Gasteiger partial charge in [0.25, 0.3) is 0 Å². The standard InChI is InChI=1S/C17H16FNO/c1-13(11-15-9-5-6-10-16(15)18)17(20)19-12-14-7-3-2-4-8-14/h2-11H,12H2,1H3,(H,19,20)/b13-11+. The summed E-state index contributed by atoms with van der Waals surface area (Å²) < 4.78 is 13.5. The second-order valence-electron chi connectivity index (χ2n) is 4.52. The molecule has 0 radical (unpaired) electrons. The summed E-state index contributed by atoms with van der Waals surface area (Å²) in [6.07, 6.45) is 1.55. The molecule has 2 nitrogen and oxygen atoms in total. The van der Waals surface area contributed by atoms with Crippen LogP contribution in [0.5, 0.6) is 0 Å². The summed E-state index contributed by atoms with van der Waals surface area (Å²) in [6.45, 7) is 2.13. The molecule has 0 bridgehead atoms. The highest BCUT2D eigenvalue weighted by Gasteiger charge is 2.05. The average molecular weight is 269 g/mol. The van der Waals surface area contributed by atoms with E-state index in [-0.39, 0.29) is 11.7 Å². The number of carbonyl (C=O) groups excluding carboxylic acids is 1. The molecule has 0 fully saturated rings. The molecule has 0 aromatic heterocycles. The van der Waals surface area contributed by atoms with Gasteiger partial charge in [-0.05, 0) is 24.6 Å². The van der Waals surface area contributed by atoms with E-state index in [1.165, 1.54) is 6.07 Å². The van der Waals surface area contributed by atoms with Gasteiger partial charge in [-0.1, -0.05) is 48.5 Å². The third-order valence-electron chi connectivity index (χ3n) is 2.93. The molecule has 1 N–H and O–H groups in total. The Morgan fingerprint density at radius 3 is 2.45 bits per heavy atom. The van der Waals surface area contributed by atoms with Crippen molar-refractivity contribution in [2.24, 2.45) is 0 Å². The van der Waals surface area contributed by atoms with Gasteiger partial charge in [-0.3, -0.25) is 4.79 Å². The van der Waals surface area contributed by atoms with Crippen LogP contribution in [0, 0.1) is 5.82 Å². The van der Waals surface area contributed by atoms with Gasteiger partial charge in [0, 0.05) is 17.7 Å². The molecule has 2 rings (SSSR count). The lowest BCUT2D eigenvalue weighted by Gasteiger charge is -2.06. The van der Waals surface area contributed by atoms with E-state index >= 15 is 0 Å². The number of hydrogen-bond acceptors (Lipinski definition) is 1. The lowest BCUT2D eigenvalue weighted by molar-refractivity contribution is -0.117. The zero-order valence-electron chi connectivity index (χ0n) is 11.3. The SMILES string of the molecule is C/C(=C\c1ccccc1F)C(=O)NCc1ccccc1. The van der Waals surface area contributed by atoms with E-state index in [1.807, 2.05) is 30.3 Å². The molecule has 0 aliphatic heterocycles. The summed E-state index contributed by atoms with van der Waals surface area (Å²) in [5.74, 6) is -0.528.